The van der Waals surface area contributed by atoms with E-state index >= 15 is 0 Å². The van der Waals surface area contributed by atoms with Gasteiger partial charge in [0.25, 0.3) is 5.91 Å². The molecule has 0 atom stereocenters. The molecule has 2 aromatic carbocycles. The van der Waals surface area contributed by atoms with Gasteiger partial charge in [0.1, 0.15) is 5.75 Å². The van der Waals surface area contributed by atoms with Gasteiger partial charge in [-0.3, -0.25) is 10.1 Å². The Morgan fingerprint density at radius 2 is 1.77 bits per heavy atom. The van der Waals surface area contributed by atoms with Gasteiger partial charge in [0, 0.05) is 10.7 Å². The molecule has 0 unspecified atom stereocenters. The van der Waals surface area contributed by atoms with E-state index in [2.05, 4.69) is 10.6 Å². The van der Waals surface area contributed by atoms with Crippen LogP contribution in [0.25, 0.3) is 0 Å². The van der Waals surface area contributed by atoms with Crippen LogP contribution in [0, 0.1) is 6.92 Å². The van der Waals surface area contributed by atoms with E-state index in [-0.39, 0.29) is 17.6 Å². The van der Waals surface area contributed by atoms with Gasteiger partial charge in [-0.2, -0.15) is 0 Å². The summed E-state index contributed by atoms with van der Waals surface area (Å²) >= 11 is 10.9. The Morgan fingerprint density at radius 3 is 2.41 bits per heavy atom. The SMILES string of the molecule is Cc1ccc(OCC(=O)NC(=S)Nc2ccc(Cl)cc2)cc1. The quantitative estimate of drug-likeness (QED) is 0.840. The molecule has 6 heteroatoms. The number of hydrogen-bond donors (Lipinski definition) is 2. The van der Waals surface area contributed by atoms with Crippen molar-refractivity contribution in [1.82, 2.24) is 5.32 Å². The van der Waals surface area contributed by atoms with Crippen LogP contribution in [0.5, 0.6) is 5.75 Å². The zero-order valence-corrected chi connectivity index (χ0v) is 13.5. The zero-order chi connectivity index (χ0) is 15.9. The minimum atomic E-state index is -0.327. The summed E-state index contributed by atoms with van der Waals surface area (Å²) in [6.45, 7) is 1.88. The Morgan fingerprint density at radius 1 is 1.14 bits per heavy atom. The predicted molar refractivity (Wildman–Crippen MR) is 92.5 cm³/mol. The highest BCUT2D eigenvalue weighted by Crippen LogP contribution is 2.13. The van der Waals surface area contributed by atoms with Crippen molar-refractivity contribution in [2.75, 3.05) is 11.9 Å². The van der Waals surface area contributed by atoms with E-state index in [0.717, 1.165) is 11.3 Å². The van der Waals surface area contributed by atoms with Gasteiger partial charge in [0.05, 0.1) is 0 Å². The monoisotopic (exact) mass is 334 g/mol. The summed E-state index contributed by atoms with van der Waals surface area (Å²) < 4.78 is 5.37. The molecular formula is C16H15ClN2O2S. The molecule has 0 bridgehead atoms. The normalized spacial score (nSPS) is 9.91. The van der Waals surface area contributed by atoms with Crippen LogP contribution < -0.4 is 15.4 Å². The summed E-state index contributed by atoms with van der Waals surface area (Å²) in [5.41, 5.74) is 1.87. The molecule has 114 valence electrons. The molecule has 0 aliphatic carbocycles. The Hall–Kier alpha value is -2.11. The minimum absolute atomic E-state index is 0.106. The molecular weight excluding hydrogens is 320 g/mol. The molecule has 0 saturated carbocycles. The number of aryl methyl sites for hydroxylation is 1. The van der Waals surface area contributed by atoms with Crippen molar-refractivity contribution in [3.8, 4) is 5.75 Å². The Labute approximate surface area is 139 Å². The minimum Gasteiger partial charge on any atom is -0.484 e. The molecule has 22 heavy (non-hydrogen) atoms. The summed E-state index contributed by atoms with van der Waals surface area (Å²) in [6.07, 6.45) is 0. The fraction of sp³-hybridized carbons (Fsp3) is 0.125. The van der Waals surface area contributed by atoms with Gasteiger partial charge >= 0.3 is 0 Å². The molecule has 0 radical (unpaired) electrons. The lowest BCUT2D eigenvalue weighted by Gasteiger charge is -2.10. The summed E-state index contributed by atoms with van der Waals surface area (Å²) in [7, 11) is 0. The van der Waals surface area contributed by atoms with Gasteiger partial charge in [-0.05, 0) is 55.5 Å². The Balaban J connectivity index is 1.77. The van der Waals surface area contributed by atoms with E-state index in [1.807, 2.05) is 31.2 Å². The van der Waals surface area contributed by atoms with E-state index < -0.39 is 0 Å². The van der Waals surface area contributed by atoms with Gasteiger partial charge in [-0.1, -0.05) is 29.3 Å². The lowest BCUT2D eigenvalue weighted by Crippen LogP contribution is -2.37. The highest BCUT2D eigenvalue weighted by atomic mass is 35.5. The smallest absolute Gasteiger partial charge is 0.264 e. The standard InChI is InChI=1S/C16H15ClN2O2S/c1-11-2-8-14(9-3-11)21-10-15(20)19-16(22)18-13-6-4-12(17)5-7-13/h2-9H,10H2,1H3,(H2,18,19,20,22). The van der Waals surface area contributed by atoms with Crippen molar-refractivity contribution in [3.05, 3.63) is 59.1 Å². The first-order valence-electron chi connectivity index (χ1n) is 6.59. The van der Waals surface area contributed by atoms with E-state index in [4.69, 9.17) is 28.6 Å². The molecule has 0 aliphatic heterocycles. The van der Waals surface area contributed by atoms with Crippen molar-refractivity contribution in [3.63, 3.8) is 0 Å². The average molecular weight is 335 g/mol. The number of halogens is 1. The third-order valence-corrected chi connectivity index (χ3v) is 3.20. The van der Waals surface area contributed by atoms with Crippen LogP contribution in [0.2, 0.25) is 5.02 Å². The first-order valence-corrected chi connectivity index (χ1v) is 7.37. The van der Waals surface area contributed by atoms with Crippen molar-refractivity contribution < 1.29 is 9.53 Å². The number of nitrogens with one attached hydrogen (secondary N) is 2. The highest BCUT2D eigenvalue weighted by Gasteiger charge is 2.06. The summed E-state index contributed by atoms with van der Waals surface area (Å²) in [6, 6.07) is 14.5. The molecule has 2 aromatic rings. The molecule has 0 aliphatic rings. The molecule has 0 aromatic heterocycles. The maximum absolute atomic E-state index is 11.8. The molecule has 0 heterocycles. The fourth-order valence-electron chi connectivity index (χ4n) is 1.64. The van der Waals surface area contributed by atoms with Gasteiger partial charge in [-0.25, -0.2) is 0 Å². The number of thiocarbonyl (C=S) groups is 1. The van der Waals surface area contributed by atoms with E-state index in [1.54, 1.807) is 24.3 Å². The number of amides is 1. The van der Waals surface area contributed by atoms with Crippen molar-refractivity contribution in [1.29, 1.82) is 0 Å². The predicted octanol–water partition coefficient (Wildman–Crippen LogP) is 3.54. The number of rotatable bonds is 4. The fourth-order valence-corrected chi connectivity index (χ4v) is 2.00. The number of carbonyl (C=O) groups excluding carboxylic acids is 1. The second kappa shape index (κ2) is 7.77. The number of anilines is 1. The maximum Gasteiger partial charge on any atom is 0.264 e. The molecule has 2 rings (SSSR count). The first kappa shape index (κ1) is 16.3. The van der Waals surface area contributed by atoms with Crippen LogP contribution in [0.4, 0.5) is 5.69 Å². The Kier molecular flexibility index (Phi) is 5.75. The van der Waals surface area contributed by atoms with Crippen molar-refractivity contribution in [2.45, 2.75) is 6.92 Å². The zero-order valence-electron chi connectivity index (χ0n) is 11.9. The van der Waals surface area contributed by atoms with E-state index in [0.29, 0.717) is 10.8 Å². The van der Waals surface area contributed by atoms with Gasteiger partial charge in [-0.15, -0.1) is 0 Å². The average Bonchev–Trinajstić information content (AvgIpc) is 2.49. The molecule has 2 N–H and O–H groups in total. The maximum atomic E-state index is 11.8. The summed E-state index contributed by atoms with van der Waals surface area (Å²) in [5, 5.41) is 6.28. The lowest BCUT2D eigenvalue weighted by atomic mass is 10.2. The second-order valence-electron chi connectivity index (χ2n) is 4.61. The second-order valence-corrected chi connectivity index (χ2v) is 5.46. The van der Waals surface area contributed by atoms with Crippen LogP contribution >= 0.6 is 23.8 Å². The first-order chi connectivity index (χ1) is 10.5. The van der Waals surface area contributed by atoms with Gasteiger partial charge in [0.15, 0.2) is 11.7 Å². The Bertz CT molecular complexity index is 657. The van der Waals surface area contributed by atoms with E-state index in [9.17, 15) is 4.79 Å². The van der Waals surface area contributed by atoms with Crippen LogP contribution in [0.15, 0.2) is 48.5 Å². The lowest BCUT2D eigenvalue weighted by molar-refractivity contribution is -0.121. The van der Waals surface area contributed by atoms with Crippen LogP contribution in [-0.4, -0.2) is 17.6 Å². The number of ether oxygens (including phenoxy) is 1. The third-order valence-electron chi connectivity index (χ3n) is 2.75. The number of benzene rings is 2. The molecule has 0 saturated heterocycles. The summed E-state index contributed by atoms with van der Waals surface area (Å²) in [4.78, 5) is 11.8. The number of hydrogen-bond acceptors (Lipinski definition) is 3. The third kappa shape index (κ3) is 5.35. The molecule has 0 fully saturated rings. The van der Waals surface area contributed by atoms with Crippen molar-refractivity contribution >= 4 is 40.5 Å². The topological polar surface area (TPSA) is 50.4 Å². The number of carbonyl (C=O) groups is 1. The van der Waals surface area contributed by atoms with Crippen LogP contribution in [-0.2, 0) is 4.79 Å². The van der Waals surface area contributed by atoms with Crippen molar-refractivity contribution in [2.24, 2.45) is 0 Å². The van der Waals surface area contributed by atoms with Crippen LogP contribution in [0.1, 0.15) is 5.56 Å². The highest BCUT2D eigenvalue weighted by molar-refractivity contribution is 7.80. The molecule has 0 spiro atoms. The van der Waals surface area contributed by atoms with Gasteiger partial charge in [0.2, 0.25) is 0 Å². The van der Waals surface area contributed by atoms with Gasteiger partial charge < -0.3 is 10.1 Å². The van der Waals surface area contributed by atoms with Crippen LogP contribution in [0.3, 0.4) is 0 Å². The summed E-state index contributed by atoms with van der Waals surface area (Å²) in [5.74, 6) is 0.310. The molecule has 4 nitrogen and oxygen atoms in total. The largest absolute Gasteiger partial charge is 0.484 e. The van der Waals surface area contributed by atoms with E-state index in [1.165, 1.54) is 0 Å². The molecule has 1 amide bonds.